The van der Waals surface area contributed by atoms with Crippen molar-refractivity contribution in [2.24, 2.45) is 5.92 Å². The SMILES string of the molecule is COCC(C)NC(=O)c1ccc(NC(=O)C2CC(=O)N(C(C)C)C2)cc1. The van der Waals surface area contributed by atoms with E-state index in [-0.39, 0.29) is 42.1 Å². The number of hydrogen-bond donors (Lipinski definition) is 2. The van der Waals surface area contributed by atoms with Crippen LogP contribution in [0, 0.1) is 5.92 Å². The Balaban J connectivity index is 1.92. The van der Waals surface area contributed by atoms with Gasteiger partial charge in [0.1, 0.15) is 0 Å². The van der Waals surface area contributed by atoms with E-state index in [0.717, 1.165) is 0 Å². The summed E-state index contributed by atoms with van der Waals surface area (Å²) >= 11 is 0. The quantitative estimate of drug-likeness (QED) is 0.773. The molecule has 26 heavy (non-hydrogen) atoms. The first-order valence-electron chi connectivity index (χ1n) is 8.82. The van der Waals surface area contributed by atoms with Crippen LogP contribution in [0.2, 0.25) is 0 Å². The Bertz CT molecular complexity index is 657. The molecule has 1 aliphatic heterocycles. The molecule has 0 saturated carbocycles. The number of nitrogens with zero attached hydrogens (tertiary/aromatic N) is 1. The third kappa shape index (κ3) is 5.05. The predicted octanol–water partition coefficient (Wildman–Crippen LogP) is 1.65. The predicted molar refractivity (Wildman–Crippen MR) is 98.8 cm³/mol. The van der Waals surface area contributed by atoms with Crippen molar-refractivity contribution in [3.63, 3.8) is 0 Å². The van der Waals surface area contributed by atoms with E-state index in [1.165, 1.54) is 0 Å². The van der Waals surface area contributed by atoms with Crippen LogP contribution in [0.4, 0.5) is 5.69 Å². The summed E-state index contributed by atoms with van der Waals surface area (Å²) in [6.07, 6.45) is 0.238. The topological polar surface area (TPSA) is 87.7 Å². The molecule has 7 heteroatoms. The molecule has 2 N–H and O–H groups in total. The Morgan fingerprint density at radius 3 is 2.42 bits per heavy atom. The summed E-state index contributed by atoms with van der Waals surface area (Å²) in [7, 11) is 1.58. The molecule has 3 amide bonds. The molecule has 1 aliphatic rings. The van der Waals surface area contributed by atoms with Crippen molar-refractivity contribution >= 4 is 23.4 Å². The van der Waals surface area contributed by atoms with Gasteiger partial charge in [0.25, 0.3) is 5.91 Å². The maximum atomic E-state index is 12.4. The average molecular weight is 361 g/mol. The molecule has 0 radical (unpaired) electrons. The van der Waals surface area contributed by atoms with Gasteiger partial charge in [-0.15, -0.1) is 0 Å². The Morgan fingerprint density at radius 2 is 1.88 bits per heavy atom. The average Bonchev–Trinajstić information content (AvgIpc) is 2.98. The lowest BCUT2D eigenvalue weighted by atomic mass is 10.1. The molecular weight excluding hydrogens is 334 g/mol. The highest BCUT2D eigenvalue weighted by atomic mass is 16.5. The maximum absolute atomic E-state index is 12.4. The highest BCUT2D eigenvalue weighted by Crippen LogP contribution is 2.22. The van der Waals surface area contributed by atoms with Crippen LogP contribution >= 0.6 is 0 Å². The number of benzene rings is 1. The Morgan fingerprint density at radius 1 is 1.23 bits per heavy atom. The van der Waals surface area contributed by atoms with Crippen LogP contribution in [0.1, 0.15) is 37.6 Å². The van der Waals surface area contributed by atoms with E-state index in [2.05, 4.69) is 10.6 Å². The van der Waals surface area contributed by atoms with Gasteiger partial charge in [-0.2, -0.15) is 0 Å². The highest BCUT2D eigenvalue weighted by molar-refractivity contribution is 5.98. The van der Waals surface area contributed by atoms with E-state index in [1.807, 2.05) is 20.8 Å². The molecule has 1 saturated heterocycles. The van der Waals surface area contributed by atoms with Crippen molar-refractivity contribution in [1.29, 1.82) is 0 Å². The van der Waals surface area contributed by atoms with Gasteiger partial charge in [-0.25, -0.2) is 0 Å². The minimum Gasteiger partial charge on any atom is -0.383 e. The minimum absolute atomic E-state index is 0.0114. The largest absolute Gasteiger partial charge is 0.383 e. The number of likely N-dealkylation sites (tertiary alicyclic amines) is 1. The zero-order valence-corrected chi connectivity index (χ0v) is 15.7. The zero-order valence-electron chi connectivity index (χ0n) is 15.7. The van der Waals surface area contributed by atoms with Crippen LogP contribution in [0.3, 0.4) is 0 Å². The van der Waals surface area contributed by atoms with Crippen LogP contribution in [0.25, 0.3) is 0 Å². The Labute approximate surface area is 154 Å². The number of amides is 3. The number of nitrogens with one attached hydrogen (secondary N) is 2. The third-order valence-electron chi connectivity index (χ3n) is 4.36. The summed E-state index contributed by atoms with van der Waals surface area (Å²) in [4.78, 5) is 38.1. The number of carbonyl (C=O) groups is 3. The zero-order chi connectivity index (χ0) is 19.3. The fourth-order valence-electron chi connectivity index (χ4n) is 2.95. The van der Waals surface area contributed by atoms with Crippen molar-refractivity contribution in [3.8, 4) is 0 Å². The van der Waals surface area contributed by atoms with E-state index in [4.69, 9.17) is 4.74 Å². The molecule has 0 spiro atoms. The summed E-state index contributed by atoms with van der Waals surface area (Å²) in [5.74, 6) is -0.700. The van der Waals surface area contributed by atoms with Crippen LogP contribution in [-0.2, 0) is 14.3 Å². The fraction of sp³-hybridized carbons (Fsp3) is 0.526. The summed E-state index contributed by atoms with van der Waals surface area (Å²) in [6, 6.07) is 6.69. The van der Waals surface area contributed by atoms with Crippen molar-refractivity contribution in [1.82, 2.24) is 10.2 Å². The van der Waals surface area contributed by atoms with Crippen LogP contribution in [-0.4, -0.2) is 55.0 Å². The molecule has 7 nitrogen and oxygen atoms in total. The van der Waals surface area contributed by atoms with Gasteiger partial charge in [0, 0.05) is 43.4 Å². The molecular formula is C19H27N3O4. The van der Waals surface area contributed by atoms with Gasteiger partial charge in [0.15, 0.2) is 0 Å². The number of methoxy groups -OCH3 is 1. The second kappa shape index (κ2) is 8.80. The summed E-state index contributed by atoms with van der Waals surface area (Å²) in [6.45, 7) is 6.62. The molecule has 0 aromatic heterocycles. The van der Waals surface area contributed by atoms with Gasteiger partial charge >= 0.3 is 0 Å². The maximum Gasteiger partial charge on any atom is 0.251 e. The second-order valence-corrected chi connectivity index (χ2v) is 6.94. The van der Waals surface area contributed by atoms with Crippen LogP contribution in [0.15, 0.2) is 24.3 Å². The number of anilines is 1. The van der Waals surface area contributed by atoms with E-state index >= 15 is 0 Å². The molecule has 142 valence electrons. The molecule has 1 fully saturated rings. The standard InChI is InChI=1S/C19H27N3O4/c1-12(2)22-10-15(9-17(22)23)19(25)21-16-7-5-14(6-8-16)18(24)20-13(3)11-26-4/h5-8,12-13,15H,9-11H2,1-4H3,(H,20,24)(H,21,25). The Kier molecular flexibility index (Phi) is 6.74. The molecule has 1 heterocycles. The van der Waals surface area contributed by atoms with E-state index in [1.54, 1.807) is 36.3 Å². The molecule has 1 aromatic rings. The number of hydrogen-bond acceptors (Lipinski definition) is 4. The number of ether oxygens (including phenoxy) is 1. The monoisotopic (exact) mass is 361 g/mol. The van der Waals surface area contributed by atoms with Crippen LogP contribution < -0.4 is 10.6 Å². The van der Waals surface area contributed by atoms with Gasteiger partial charge in [-0.05, 0) is 45.0 Å². The summed E-state index contributed by atoms with van der Waals surface area (Å²) in [5.41, 5.74) is 1.11. The van der Waals surface area contributed by atoms with Crippen molar-refractivity contribution in [3.05, 3.63) is 29.8 Å². The molecule has 0 aliphatic carbocycles. The van der Waals surface area contributed by atoms with Gasteiger partial charge in [-0.3, -0.25) is 14.4 Å². The molecule has 2 atom stereocenters. The normalized spacial score (nSPS) is 18.1. The smallest absolute Gasteiger partial charge is 0.251 e. The first-order valence-corrected chi connectivity index (χ1v) is 8.82. The van der Waals surface area contributed by atoms with Crippen molar-refractivity contribution in [2.45, 2.75) is 39.3 Å². The lowest BCUT2D eigenvalue weighted by Gasteiger charge is -2.20. The Hall–Kier alpha value is -2.41. The van der Waals surface area contributed by atoms with Gasteiger partial charge in [-0.1, -0.05) is 0 Å². The first kappa shape index (κ1) is 19.9. The minimum atomic E-state index is -0.345. The summed E-state index contributed by atoms with van der Waals surface area (Å²) in [5, 5.41) is 5.65. The second-order valence-electron chi connectivity index (χ2n) is 6.94. The third-order valence-corrected chi connectivity index (χ3v) is 4.36. The van der Waals surface area contributed by atoms with Crippen LogP contribution in [0.5, 0.6) is 0 Å². The molecule has 0 bridgehead atoms. The van der Waals surface area contributed by atoms with E-state index in [0.29, 0.717) is 24.4 Å². The van der Waals surface area contributed by atoms with Gasteiger partial charge < -0.3 is 20.3 Å². The number of carbonyl (C=O) groups excluding carboxylic acids is 3. The molecule has 2 unspecified atom stereocenters. The van der Waals surface area contributed by atoms with Gasteiger partial charge in [0.05, 0.1) is 12.5 Å². The lowest BCUT2D eigenvalue weighted by molar-refractivity contribution is -0.129. The highest BCUT2D eigenvalue weighted by Gasteiger charge is 2.35. The first-order chi connectivity index (χ1) is 12.3. The van der Waals surface area contributed by atoms with Crippen molar-refractivity contribution < 1.29 is 19.1 Å². The van der Waals surface area contributed by atoms with E-state index in [9.17, 15) is 14.4 Å². The van der Waals surface area contributed by atoms with Gasteiger partial charge in [0.2, 0.25) is 11.8 Å². The molecule has 2 rings (SSSR count). The van der Waals surface area contributed by atoms with Crippen molar-refractivity contribution in [2.75, 3.05) is 25.6 Å². The van der Waals surface area contributed by atoms with E-state index < -0.39 is 0 Å². The fourth-order valence-corrected chi connectivity index (χ4v) is 2.95. The lowest BCUT2D eigenvalue weighted by Crippen LogP contribution is -2.35. The number of rotatable bonds is 7. The molecule has 1 aromatic carbocycles. The summed E-state index contributed by atoms with van der Waals surface area (Å²) < 4.78 is 4.99.